The van der Waals surface area contributed by atoms with Gasteiger partial charge in [-0.1, -0.05) is 48.0 Å². The second-order valence-corrected chi connectivity index (χ2v) is 14.5. The molecule has 5 aromatic rings. The van der Waals surface area contributed by atoms with Crippen molar-refractivity contribution in [1.82, 2.24) is 18.8 Å². The summed E-state index contributed by atoms with van der Waals surface area (Å²) in [4.78, 5) is 14.2. The molecule has 2 aliphatic heterocycles. The number of sulfonamides is 1. The van der Waals surface area contributed by atoms with E-state index in [-0.39, 0.29) is 0 Å². The van der Waals surface area contributed by atoms with E-state index in [4.69, 9.17) is 26.3 Å². The fraction of sp³-hybridized carbons (Fsp3) is 0.323. The topological polar surface area (TPSA) is 108 Å². The third-order valence-corrected chi connectivity index (χ3v) is 11.0. The normalized spacial score (nSPS) is 16.8. The summed E-state index contributed by atoms with van der Waals surface area (Å²) in [6, 6.07) is 18.2. The van der Waals surface area contributed by atoms with E-state index in [0.717, 1.165) is 61.2 Å². The van der Waals surface area contributed by atoms with E-state index in [1.54, 1.807) is 17.6 Å². The van der Waals surface area contributed by atoms with E-state index in [9.17, 15) is 8.42 Å². The minimum absolute atomic E-state index is 0.409. The smallest absolute Gasteiger partial charge is 0.246 e. The summed E-state index contributed by atoms with van der Waals surface area (Å²) in [6.45, 7) is 5.57. The van der Waals surface area contributed by atoms with Crippen LogP contribution in [-0.4, -0.2) is 92.2 Å². The molecular weight excluding hydrogens is 632 g/mol. The zero-order valence-electron chi connectivity index (χ0n) is 24.8. The highest BCUT2D eigenvalue weighted by atomic mass is 35.5. The number of para-hydroxylation sites is 1. The Bertz CT molecular complexity index is 1980. The number of morpholine rings is 1. The van der Waals surface area contributed by atoms with E-state index in [2.05, 4.69) is 49.3 Å². The van der Waals surface area contributed by atoms with Gasteiger partial charge in [-0.15, -0.1) is 11.3 Å². The summed E-state index contributed by atoms with van der Waals surface area (Å²) < 4.78 is 34.3. The van der Waals surface area contributed by atoms with E-state index in [1.165, 1.54) is 10.6 Å². The maximum Gasteiger partial charge on any atom is 0.246 e. The molecular formula is C31H33ClN8O3S2. The van der Waals surface area contributed by atoms with Gasteiger partial charge in [-0.25, -0.2) is 18.8 Å². The summed E-state index contributed by atoms with van der Waals surface area (Å²) in [5.41, 5.74) is 7.01. The molecule has 2 saturated heterocycles. The van der Waals surface area contributed by atoms with Gasteiger partial charge in [-0.3, -0.25) is 0 Å². The molecule has 0 atom stereocenters. The highest BCUT2D eigenvalue weighted by molar-refractivity contribution is 7.88. The lowest BCUT2D eigenvalue weighted by molar-refractivity contribution is 0.122. The Morgan fingerprint density at radius 2 is 1.76 bits per heavy atom. The number of piperazine rings is 1. The number of benzene rings is 2. The first kappa shape index (κ1) is 29.9. The zero-order valence-corrected chi connectivity index (χ0v) is 27.2. The van der Waals surface area contributed by atoms with Crippen molar-refractivity contribution in [3.63, 3.8) is 0 Å². The van der Waals surface area contributed by atoms with Gasteiger partial charge in [0.05, 0.1) is 40.9 Å². The first-order valence-electron chi connectivity index (χ1n) is 14.8. The molecule has 0 saturated carbocycles. The van der Waals surface area contributed by atoms with Crippen LogP contribution in [0.2, 0.25) is 5.02 Å². The average Bonchev–Trinajstić information content (AvgIpc) is 3.64. The molecule has 1 N–H and O–H groups in total. The number of rotatable bonds is 8. The molecule has 2 aliphatic rings. The van der Waals surface area contributed by atoms with Gasteiger partial charge < -0.3 is 19.1 Å². The highest BCUT2D eigenvalue weighted by Gasteiger charge is 2.26. The maximum absolute atomic E-state index is 12.0. The van der Waals surface area contributed by atoms with Crippen molar-refractivity contribution in [3.05, 3.63) is 76.9 Å². The van der Waals surface area contributed by atoms with Crippen LogP contribution in [0.3, 0.4) is 0 Å². The summed E-state index contributed by atoms with van der Waals surface area (Å²) >= 11 is 8.10. The number of thiophene rings is 1. The molecule has 0 amide bonds. The van der Waals surface area contributed by atoms with Gasteiger partial charge in [0.15, 0.2) is 5.82 Å². The van der Waals surface area contributed by atoms with Crippen molar-refractivity contribution in [2.24, 2.45) is 5.10 Å². The van der Waals surface area contributed by atoms with Crippen LogP contribution in [-0.2, 0) is 21.3 Å². The Balaban J connectivity index is 1.16. The number of ether oxygens (including phenoxy) is 1. The van der Waals surface area contributed by atoms with Gasteiger partial charge >= 0.3 is 0 Å². The van der Waals surface area contributed by atoms with E-state index in [0.29, 0.717) is 51.9 Å². The molecule has 0 spiro atoms. The predicted molar refractivity (Wildman–Crippen MR) is 183 cm³/mol. The van der Waals surface area contributed by atoms with E-state index < -0.39 is 10.0 Å². The number of fused-ring (bicyclic) bond motifs is 2. The Labute approximate surface area is 270 Å². The van der Waals surface area contributed by atoms with Crippen LogP contribution in [0.4, 0.5) is 16.8 Å². The summed E-state index contributed by atoms with van der Waals surface area (Å²) in [5.74, 6) is 1.26. The maximum atomic E-state index is 12.0. The molecule has 14 heteroatoms. The third kappa shape index (κ3) is 6.36. The lowest BCUT2D eigenvalue weighted by Gasteiger charge is -2.33. The summed E-state index contributed by atoms with van der Waals surface area (Å²) in [7, 11) is -3.20. The number of hydrogen-bond acceptors (Lipinski definition) is 10. The molecule has 7 rings (SSSR count). The van der Waals surface area contributed by atoms with Crippen LogP contribution in [0.5, 0.6) is 0 Å². The van der Waals surface area contributed by atoms with Gasteiger partial charge in [0.2, 0.25) is 16.0 Å². The van der Waals surface area contributed by atoms with Crippen molar-refractivity contribution in [1.29, 1.82) is 0 Å². The lowest BCUT2D eigenvalue weighted by atomic mass is 10.2. The van der Waals surface area contributed by atoms with E-state index in [1.807, 2.05) is 36.4 Å². The highest BCUT2D eigenvalue weighted by Crippen LogP contribution is 2.38. The standard InChI is InChI=1S/C31H33ClN8O3S2/c1-45(41,42)40-12-10-37(11-13-40)28-18-26-29(44-28)30(38-14-16-43-17-15-38)35-31(34-26)36-33-19-23-21-39(27-9-5-3-7-24(23)27)20-22-6-2-4-8-25(22)32/h2-9,18-19,21H,10-17,20H2,1H3,(H,34,35,36)/b33-19+. The first-order chi connectivity index (χ1) is 21.8. The number of anilines is 3. The molecule has 2 fully saturated rings. The number of hydrazone groups is 1. The first-order valence-corrected chi connectivity index (χ1v) is 17.8. The lowest BCUT2D eigenvalue weighted by Crippen LogP contribution is -2.48. The van der Waals surface area contributed by atoms with Crippen molar-refractivity contribution in [2.75, 3.05) is 74.0 Å². The second-order valence-electron chi connectivity index (χ2n) is 11.1. The van der Waals surface area contributed by atoms with Gasteiger partial charge in [0, 0.05) is 73.5 Å². The molecule has 45 heavy (non-hydrogen) atoms. The molecule has 11 nitrogen and oxygen atoms in total. The Morgan fingerprint density at radius 3 is 2.53 bits per heavy atom. The molecule has 0 radical (unpaired) electrons. The molecule has 5 heterocycles. The zero-order chi connectivity index (χ0) is 31.0. The van der Waals surface area contributed by atoms with Crippen molar-refractivity contribution < 1.29 is 13.2 Å². The largest absolute Gasteiger partial charge is 0.378 e. The van der Waals surface area contributed by atoms with Crippen molar-refractivity contribution in [3.8, 4) is 0 Å². The molecule has 0 unspecified atom stereocenters. The summed E-state index contributed by atoms with van der Waals surface area (Å²) in [5, 5.41) is 7.44. The van der Waals surface area contributed by atoms with Crippen LogP contribution in [0.15, 0.2) is 65.9 Å². The van der Waals surface area contributed by atoms with Crippen LogP contribution in [0.25, 0.3) is 21.1 Å². The number of nitrogens with zero attached hydrogens (tertiary/aromatic N) is 7. The molecule has 234 valence electrons. The van der Waals surface area contributed by atoms with Crippen molar-refractivity contribution >= 4 is 77.1 Å². The van der Waals surface area contributed by atoms with Crippen LogP contribution in [0.1, 0.15) is 11.1 Å². The van der Waals surface area contributed by atoms with Gasteiger partial charge in [0.1, 0.15) is 0 Å². The Morgan fingerprint density at radius 1 is 1.00 bits per heavy atom. The van der Waals surface area contributed by atoms with Crippen LogP contribution < -0.4 is 15.2 Å². The monoisotopic (exact) mass is 664 g/mol. The molecule has 0 bridgehead atoms. The predicted octanol–water partition coefficient (Wildman–Crippen LogP) is 4.71. The minimum atomic E-state index is -3.20. The van der Waals surface area contributed by atoms with Gasteiger partial charge in [-0.2, -0.15) is 14.4 Å². The van der Waals surface area contributed by atoms with E-state index >= 15 is 0 Å². The molecule has 3 aromatic heterocycles. The fourth-order valence-corrected chi connectivity index (χ4v) is 8.00. The van der Waals surface area contributed by atoms with Gasteiger partial charge in [-0.05, 0) is 23.8 Å². The second kappa shape index (κ2) is 12.6. The molecule has 2 aromatic carbocycles. The minimum Gasteiger partial charge on any atom is -0.378 e. The summed E-state index contributed by atoms with van der Waals surface area (Å²) in [6.07, 6.45) is 5.15. The van der Waals surface area contributed by atoms with Crippen LogP contribution >= 0.6 is 22.9 Å². The SMILES string of the molecule is CS(=O)(=O)N1CCN(c2cc3nc(N/N=C/c4cn(Cc5ccccc5Cl)c5ccccc45)nc(N4CCOCC4)c3s2)CC1. The third-order valence-electron chi connectivity index (χ3n) is 8.16. The Hall–Kier alpha value is -3.75. The molecule has 0 aliphatic carbocycles. The number of nitrogens with one attached hydrogen (secondary N) is 1. The number of hydrogen-bond donors (Lipinski definition) is 1. The number of halogens is 1. The fourth-order valence-electron chi connectivity index (χ4n) is 5.82. The van der Waals surface area contributed by atoms with Gasteiger partial charge in [0.25, 0.3) is 0 Å². The Kier molecular flexibility index (Phi) is 8.36. The number of aromatic nitrogens is 3. The average molecular weight is 665 g/mol. The van der Waals surface area contributed by atoms with Crippen LogP contribution in [0, 0.1) is 0 Å². The quantitative estimate of drug-likeness (QED) is 0.188. The van der Waals surface area contributed by atoms with Crippen molar-refractivity contribution in [2.45, 2.75) is 6.54 Å².